The lowest BCUT2D eigenvalue weighted by atomic mass is 9.62. The maximum atomic E-state index is 11.7. The minimum atomic E-state index is -0.906. The standard InChI is InChI=1S/C24H27ClO.C24H28N4O.C24H28O2.C4H12Si/c1-15-13-20-21(24(5,6)12-11-23(20,3)4)14-19(15)16(2)17-7-9-18(10-8-17)22(25)26;1-15-13-20-21(24(5,6)12-11-23(20,3)4)14-19(15)16(2)17-7-9-18(10-8-17)28-22(29)25-26-27-28;1-15-13-20-21(24(5,6)12-11-23(20,3)4)14-19(15)16(2)17-7-9-18(10-8-17)22(25)26;1-5(2,3)4/h7-10,13-14H,2,11-12H2,1,3-6H3;7-10,13-14H,2,11-12H2,1,3-6H3,(H,25,27,29);7-10,13-14H,2,11-12H2,1,3-6H3,(H,25,26);1-4H3. The van der Waals surface area contributed by atoms with Crippen LogP contribution in [0.15, 0.2) is 134 Å². The molecular weight excluding hydrogens is 1100 g/mol. The molecule has 3 aliphatic rings. The van der Waals surface area contributed by atoms with Gasteiger partial charge in [0.1, 0.15) is 0 Å². The lowest BCUT2D eigenvalue weighted by Gasteiger charge is -2.42. The number of aromatic carboxylic acids is 1. The Morgan fingerprint density at radius 2 is 0.709 bits per heavy atom. The Balaban J connectivity index is 0.000000178. The number of carbonyl (C=O) groups is 2. The number of fused-ring (bicyclic) bond motifs is 3. The van der Waals surface area contributed by atoms with Crippen molar-refractivity contribution in [3.05, 3.63) is 234 Å². The fourth-order valence-electron chi connectivity index (χ4n) is 12.4. The predicted octanol–water partition coefficient (Wildman–Crippen LogP) is 19.5. The number of nitrogens with one attached hydrogen (secondary N) is 1. The van der Waals surface area contributed by atoms with Crippen LogP contribution in [0, 0.1) is 20.8 Å². The van der Waals surface area contributed by atoms with Crippen molar-refractivity contribution in [2.75, 3.05) is 0 Å². The molecule has 0 atom stereocenters. The Kier molecular flexibility index (Phi) is 19.1. The van der Waals surface area contributed by atoms with Crippen LogP contribution in [0.4, 0.5) is 0 Å². The van der Waals surface area contributed by atoms with E-state index >= 15 is 0 Å². The highest BCUT2D eigenvalue weighted by atomic mass is 35.5. The first-order valence-electron chi connectivity index (χ1n) is 30.5. The molecule has 0 amide bonds. The SMILES string of the molecule is C=C(c1ccc(-n2nn[nH]c2=O)cc1)c1cc2c(cc1C)C(C)(C)CCC2(C)C.C=C(c1ccc(C(=O)Cl)cc1)c1cc2c(cc1C)C(C)(C)CCC2(C)C.C=C(c1ccc(C(=O)O)cc1)c1cc2c(cc1C)C(C)(C)CCC2(C)C.C[Si](C)(C)C. The van der Waals surface area contributed by atoms with Gasteiger partial charge in [0.15, 0.2) is 0 Å². The summed E-state index contributed by atoms with van der Waals surface area (Å²) in [7, 11) is -0.611. The van der Waals surface area contributed by atoms with E-state index in [-0.39, 0.29) is 38.2 Å². The smallest absolute Gasteiger partial charge is 0.365 e. The number of H-pyrrole nitrogens is 1. The predicted molar refractivity (Wildman–Crippen MR) is 365 cm³/mol. The van der Waals surface area contributed by atoms with E-state index in [9.17, 15) is 14.4 Å². The van der Waals surface area contributed by atoms with Gasteiger partial charge in [0.25, 0.3) is 5.24 Å². The minimum absolute atomic E-state index is 0.154. The van der Waals surface area contributed by atoms with E-state index in [0.29, 0.717) is 16.8 Å². The second kappa shape index (κ2) is 24.7. The quantitative estimate of drug-likeness (QED) is 0.110. The van der Waals surface area contributed by atoms with Crippen molar-refractivity contribution in [1.82, 2.24) is 20.2 Å². The Morgan fingerprint density at radius 3 is 0.953 bits per heavy atom. The van der Waals surface area contributed by atoms with E-state index in [1.165, 1.54) is 104 Å². The number of aromatic amines is 1. The van der Waals surface area contributed by atoms with Gasteiger partial charge in [-0.2, -0.15) is 4.68 Å². The second-order valence-electron chi connectivity index (χ2n) is 30.1. The highest BCUT2D eigenvalue weighted by Crippen LogP contribution is 2.50. The molecule has 0 fully saturated rings. The number of aromatic nitrogens is 4. The molecule has 0 saturated heterocycles. The molecule has 10 heteroatoms. The summed E-state index contributed by atoms with van der Waals surface area (Å²) in [5.41, 5.74) is 24.0. The fraction of sp³-hybridized carbons (Fsp3) is 0.408. The molecule has 454 valence electrons. The van der Waals surface area contributed by atoms with Crippen molar-refractivity contribution in [2.24, 2.45) is 0 Å². The first kappa shape index (κ1) is 66.6. The first-order chi connectivity index (χ1) is 39.7. The number of rotatable bonds is 9. The Morgan fingerprint density at radius 1 is 0.465 bits per heavy atom. The van der Waals surface area contributed by atoms with Gasteiger partial charge in [-0.1, -0.05) is 202 Å². The van der Waals surface area contributed by atoms with E-state index in [0.717, 1.165) is 39.0 Å². The number of hydrogen-bond donors (Lipinski definition) is 2. The lowest BCUT2D eigenvalue weighted by molar-refractivity contribution is 0.0696. The third-order valence-electron chi connectivity index (χ3n) is 18.4. The van der Waals surface area contributed by atoms with Crippen LogP contribution in [-0.4, -0.2) is 44.6 Å². The van der Waals surface area contributed by atoms with Crippen molar-refractivity contribution < 1.29 is 14.7 Å². The summed E-state index contributed by atoms with van der Waals surface area (Å²) in [5.74, 6) is -0.906. The molecule has 0 bridgehead atoms. The van der Waals surface area contributed by atoms with Crippen LogP contribution in [0.5, 0.6) is 0 Å². The lowest BCUT2D eigenvalue weighted by Crippen LogP contribution is -2.34. The Labute approximate surface area is 520 Å². The zero-order valence-electron chi connectivity index (χ0n) is 55.1. The highest BCUT2D eigenvalue weighted by Gasteiger charge is 2.40. The number of benzene rings is 6. The molecule has 0 unspecified atom stereocenters. The van der Waals surface area contributed by atoms with Crippen LogP contribution in [0.3, 0.4) is 0 Å². The third kappa shape index (κ3) is 14.7. The van der Waals surface area contributed by atoms with E-state index in [1.807, 2.05) is 48.5 Å². The van der Waals surface area contributed by atoms with Gasteiger partial charge >= 0.3 is 11.7 Å². The van der Waals surface area contributed by atoms with Gasteiger partial charge in [-0.25, -0.2) is 14.7 Å². The van der Waals surface area contributed by atoms with Crippen LogP contribution >= 0.6 is 11.6 Å². The Bertz CT molecular complexity index is 3650. The summed E-state index contributed by atoms with van der Waals surface area (Å²) >= 11 is 5.55. The van der Waals surface area contributed by atoms with Gasteiger partial charge in [-0.3, -0.25) is 4.79 Å². The third-order valence-corrected chi connectivity index (χ3v) is 18.7. The molecule has 86 heavy (non-hydrogen) atoms. The molecule has 8 nitrogen and oxygen atoms in total. The van der Waals surface area contributed by atoms with Crippen molar-refractivity contribution in [3.63, 3.8) is 0 Å². The summed E-state index contributed by atoms with van der Waals surface area (Å²) < 4.78 is 1.24. The molecule has 1 heterocycles. The summed E-state index contributed by atoms with van der Waals surface area (Å²) in [6.07, 6.45) is 7.16. The fourth-order valence-corrected chi connectivity index (χ4v) is 12.5. The number of hydrogen-bond acceptors (Lipinski definition) is 5. The second-order valence-corrected chi connectivity index (χ2v) is 36.4. The number of aryl methyl sites for hydroxylation is 3. The number of nitrogens with zero attached hydrogens (tertiary/aromatic N) is 3. The van der Waals surface area contributed by atoms with E-state index in [2.05, 4.69) is 202 Å². The average molecular weight is 1190 g/mol. The summed E-state index contributed by atoms with van der Waals surface area (Å²) in [4.78, 5) is 34.1. The van der Waals surface area contributed by atoms with Gasteiger partial charge in [0.05, 0.1) is 11.3 Å². The molecule has 0 spiro atoms. The monoisotopic (exact) mass is 1190 g/mol. The van der Waals surface area contributed by atoms with Crippen molar-refractivity contribution in [1.29, 1.82) is 0 Å². The van der Waals surface area contributed by atoms with Gasteiger partial charge in [-0.05, 0) is 250 Å². The Hall–Kier alpha value is -6.94. The average Bonchev–Trinajstić information content (AvgIpc) is 1.45. The van der Waals surface area contributed by atoms with Crippen LogP contribution < -0.4 is 5.69 Å². The summed E-state index contributed by atoms with van der Waals surface area (Å²) in [6, 6.07) is 36.1. The summed E-state index contributed by atoms with van der Waals surface area (Å²) in [6.45, 7) is 56.9. The van der Waals surface area contributed by atoms with Gasteiger partial charge in [0.2, 0.25) is 0 Å². The van der Waals surface area contributed by atoms with Crippen LogP contribution in [-0.2, 0) is 32.5 Å². The zero-order chi connectivity index (χ0) is 64.0. The molecule has 0 radical (unpaired) electrons. The van der Waals surface area contributed by atoms with Crippen LogP contribution in [0.25, 0.3) is 22.4 Å². The van der Waals surface area contributed by atoms with Gasteiger partial charge in [0, 0.05) is 13.6 Å². The molecule has 2 N–H and O–H groups in total. The van der Waals surface area contributed by atoms with Crippen LogP contribution in [0.1, 0.15) is 226 Å². The molecule has 6 aromatic carbocycles. The maximum Gasteiger partial charge on any atom is 0.365 e. The van der Waals surface area contributed by atoms with Crippen molar-refractivity contribution in [3.8, 4) is 5.69 Å². The normalized spacial score (nSPS) is 17.0. The van der Waals surface area contributed by atoms with Gasteiger partial charge in [-0.15, -0.1) is 0 Å². The molecule has 1 aromatic heterocycles. The zero-order valence-corrected chi connectivity index (χ0v) is 56.9. The molecule has 7 aromatic rings. The van der Waals surface area contributed by atoms with Gasteiger partial charge < -0.3 is 5.11 Å². The minimum Gasteiger partial charge on any atom is -0.478 e. The van der Waals surface area contributed by atoms with Crippen molar-refractivity contribution in [2.45, 2.75) is 201 Å². The van der Waals surface area contributed by atoms with E-state index < -0.39 is 19.3 Å². The molecule has 3 aliphatic carbocycles. The topological polar surface area (TPSA) is 118 Å². The molecule has 10 rings (SSSR count). The number of carboxylic acids is 1. The maximum absolute atomic E-state index is 11.7. The number of halogens is 1. The number of tetrazole rings is 1. The summed E-state index contributed by atoms with van der Waals surface area (Å²) in [5, 5.41) is 18.3. The number of carboxylic acid groups (broad SMARTS) is 1. The highest BCUT2D eigenvalue weighted by molar-refractivity contribution is 6.74. The van der Waals surface area contributed by atoms with Crippen molar-refractivity contribution >= 4 is 47.6 Å². The van der Waals surface area contributed by atoms with Crippen LogP contribution in [0.2, 0.25) is 26.2 Å². The van der Waals surface area contributed by atoms with E-state index in [1.54, 1.807) is 24.3 Å². The largest absolute Gasteiger partial charge is 0.478 e. The molecule has 0 aliphatic heterocycles. The van der Waals surface area contributed by atoms with E-state index in [4.69, 9.17) is 16.7 Å². The number of carbonyl (C=O) groups excluding carboxylic acids is 1. The first-order valence-corrected chi connectivity index (χ1v) is 34.8. The molecule has 0 saturated carbocycles. The molecular formula is C76H95ClN4O4Si.